The molecule has 0 aromatic carbocycles. The number of ether oxygens (including phenoxy) is 1. The van der Waals surface area contributed by atoms with Crippen LogP contribution in [0.2, 0.25) is 0 Å². The number of carbonyl (C=O) groups is 1. The van der Waals surface area contributed by atoms with E-state index in [0.717, 1.165) is 49.1 Å². The second kappa shape index (κ2) is 7.07. The summed E-state index contributed by atoms with van der Waals surface area (Å²) in [6.07, 6.45) is 7.50. The van der Waals surface area contributed by atoms with Gasteiger partial charge in [-0.1, -0.05) is 23.9 Å². The number of piperidine rings is 1. The first-order chi connectivity index (χ1) is 12.3. The molecule has 2 fully saturated rings. The number of aromatic nitrogens is 3. The molecule has 2 bridgehead atoms. The first-order valence-electron chi connectivity index (χ1n) is 8.97. The lowest BCUT2D eigenvalue weighted by Crippen LogP contribution is -2.49. The standard InChI is InChI=1S/C18H22N4O2S/c1-2-5-15-17(25-21-20-15)18(23)22-12-7-8-13(22)11-14(10-12)24-16-6-3-4-9-19-16/h3-4,6,9,12-14H,2,5,7-8,10-11H2,1H3. The number of amides is 1. The molecule has 0 aliphatic carbocycles. The van der Waals surface area contributed by atoms with Crippen molar-refractivity contribution in [3.8, 4) is 5.88 Å². The summed E-state index contributed by atoms with van der Waals surface area (Å²) in [5.74, 6) is 0.783. The average molecular weight is 358 g/mol. The highest BCUT2D eigenvalue weighted by atomic mass is 32.1. The zero-order chi connectivity index (χ0) is 17.2. The zero-order valence-electron chi connectivity index (χ0n) is 14.3. The van der Waals surface area contributed by atoms with Crippen molar-refractivity contribution in [1.82, 2.24) is 19.5 Å². The number of hydrogen-bond acceptors (Lipinski definition) is 6. The number of nitrogens with zero attached hydrogens (tertiary/aromatic N) is 4. The monoisotopic (exact) mass is 358 g/mol. The summed E-state index contributed by atoms with van der Waals surface area (Å²) in [4.78, 5) is 20.1. The predicted octanol–water partition coefficient (Wildman–Crippen LogP) is 3.10. The maximum absolute atomic E-state index is 13.1. The van der Waals surface area contributed by atoms with E-state index < -0.39 is 0 Å². The van der Waals surface area contributed by atoms with E-state index in [2.05, 4.69) is 26.4 Å². The van der Waals surface area contributed by atoms with Crippen LogP contribution in [-0.4, -0.2) is 43.6 Å². The Bertz CT molecular complexity index is 722. The smallest absolute Gasteiger partial charge is 0.268 e. The van der Waals surface area contributed by atoms with Gasteiger partial charge in [0, 0.05) is 37.2 Å². The Hall–Kier alpha value is -2.02. The van der Waals surface area contributed by atoms with Crippen molar-refractivity contribution in [3.63, 3.8) is 0 Å². The second-order valence-corrected chi connectivity index (χ2v) is 7.53. The molecule has 2 unspecified atom stereocenters. The quantitative estimate of drug-likeness (QED) is 0.821. The largest absolute Gasteiger partial charge is 0.474 e. The summed E-state index contributed by atoms with van der Waals surface area (Å²) in [7, 11) is 0. The fraction of sp³-hybridized carbons (Fsp3) is 0.556. The maximum Gasteiger partial charge on any atom is 0.268 e. The lowest BCUT2D eigenvalue weighted by Gasteiger charge is -2.38. The minimum Gasteiger partial charge on any atom is -0.474 e. The van der Waals surface area contributed by atoms with E-state index in [1.54, 1.807) is 6.20 Å². The van der Waals surface area contributed by atoms with Crippen LogP contribution in [0.15, 0.2) is 24.4 Å². The van der Waals surface area contributed by atoms with Gasteiger partial charge < -0.3 is 9.64 Å². The van der Waals surface area contributed by atoms with Gasteiger partial charge in [0.1, 0.15) is 11.0 Å². The molecule has 0 radical (unpaired) electrons. The molecule has 6 nitrogen and oxygen atoms in total. The number of rotatable bonds is 5. The third-order valence-corrected chi connectivity index (χ3v) is 5.84. The molecule has 2 aliphatic rings. The maximum atomic E-state index is 13.1. The zero-order valence-corrected chi connectivity index (χ0v) is 15.1. The normalized spacial score (nSPS) is 25.2. The Morgan fingerprint density at radius 1 is 1.32 bits per heavy atom. The van der Waals surface area contributed by atoms with Crippen LogP contribution < -0.4 is 4.74 Å². The summed E-state index contributed by atoms with van der Waals surface area (Å²) in [6.45, 7) is 2.09. The van der Waals surface area contributed by atoms with Gasteiger partial charge in [-0.05, 0) is 36.9 Å². The van der Waals surface area contributed by atoms with Crippen LogP contribution >= 0.6 is 11.5 Å². The number of aryl methyl sites for hydroxylation is 1. The van der Waals surface area contributed by atoms with Crippen molar-refractivity contribution in [2.24, 2.45) is 0 Å². The molecule has 25 heavy (non-hydrogen) atoms. The molecule has 132 valence electrons. The van der Waals surface area contributed by atoms with Crippen LogP contribution in [0.25, 0.3) is 0 Å². The van der Waals surface area contributed by atoms with Gasteiger partial charge in [-0.25, -0.2) is 4.98 Å². The fourth-order valence-corrected chi connectivity index (χ4v) is 4.68. The summed E-state index contributed by atoms with van der Waals surface area (Å²) >= 11 is 1.23. The molecule has 2 aromatic rings. The van der Waals surface area contributed by atoms with Crippen molar-refractivity contribution >= 4 is 17.4 Å². The van der Waals surface area contributed by atoms with Gasteiger partial charge in [-0.3, -0.25) is 4.79 Å². The minimum atomic E-state index is 0.113. The predicted molar refractivity (Wildman–Crippen MR) is 94.8 cm³/mol. The van der Waals surface area contributed by atoms with Gasteiger partial charge in [0.15, 0.2) is 0 Å². The molecule has 2 saturated heterocycles. The summed E-state index contributed by atoms with van der Waals surface area (Å²) in [6, 6.07) is 6.20. The van der Waals surface area contributed by atoms with Crippen molar-refractivity contribution in [2.75, 3.05) is 0 Å². The Morgan fingerprint density at radius 3 is 2.80 bits per heavy atom. The van der Waals surface area contributed by atoms with Gasteiger partial charge in [0.05, 0.1) is 5.69 Å². The van der Waals surface area contributed by atoms with Gasteiger partial charge in [0.2, 0.25) is 5.88 Å². The summed E-state index contributed by atoms with van der Waals surface area (Å²) in [5.41, 5.74) is 0.851. The molecule has 0 N–H and O–H groups in total. The molecule has 1 amide bonds. The molecule has 4 heterocycles. The Balaban J connectivity index is 1.47. The minimum absolute atomic E-state index is 0.113. The topological polar surface area (TPSA) is 68.2 Å². The molecule has 7 heteroatoms. The molecule has 0 saturated carbocycles. The van der Waals surface area contributed by atoms with Crippen LogP contribution in [0, 0.1) is 0 Å². The van der Waals surface area contributed by atoms with Gasteiger partial charge in [-0.2, -0.15) is 0 Å². The highest BCUT2D eigenvalue weighted by Gasteiger charge is 2.45. The number of pyridine rings is 1. The summed E-state index contributed by atoms with van der Waals surface area (Å²) < 4.78 is 10.1. The fourth-order valence-electron chi connectivity index (χ4n) is 4.03. The van der Waals surface area contributed by atoms with Crippen LogP contribution in [0.5, 0.6) is 5.88 Å². The molecule has 2 aliphatic heterocycles. The third kappa shape index (κ3) is 3.25. The second-order valence-electron chi connectivity index (χ2n) is 6.78. The molecular formula is C18H22N4O2S. The lowest BCUT2D eigenvalue weighted by molar-refractivity contribution is 0.0351. The Labute approximate surface area is 151 Å². The van der Waals surface area contributed by atoms with Crippen molar-refractivity contribution in [3.05, 3.63) is 35.0 Å². The molecule has 4 rings (SSSR count). The lowest BCUT2D eigenvalue weighted by atomic mass is 9.99. The van der Waals surface area contributed by atoms with Crippen molar-refractivity contribution in [1.29, 1.82) is 0 Å². The Kier molecular flexibility index (Phi) is 4.65. The highest BCUT2D eigenvalue weighted by Crippen LogP contribution is 2.38. The van der Waals surface area contributed by atoms with Gasteiger partial charge in [0.25, 0.3) is 5.91 Å². The van der Waals surface area contributed by atoms with Crippen molar-refractivity contribution in [2.45, 2.75) is 63.6 Å². The number of fused-ring (bicyclic) bond motifs is 2. The third-order valence-electron chi connectivity index (χ3n) is 5.09. The van der Waals surface area contributed by atoms with E-state index in [0.29, 0.717) is 5.88 Å². The van der Waals surface area contributed by atoms with Crippen LogP contribution in [-0.2, 0) is 6.42 Å². The van der Waals surface area contributed by atoms with Gasteiger partial charge >= 0.3 is 0 Å². The van der Waals surface area contributed by atoms with E-state index in [1.165, 1.54) is 11.5 Å². The van der Waals surface area contributed by atoms with Crippen LogP contribution in [0.4, 0.5) is 0 Å². The van der Waals surface area contributed by atoms with E-state index in [-0.39, 0.29) is 24.1 Å². The summed E-state index contributed by atoms with van der Waals surface area (Å²) in [5, 5.41) is 4.15. The van der Waals surface area contributed by atoms with Crippen molar-refractivity contribution < 1.29 is 9.53 Å². The number of hydrogen-bond donors (Lipinski definition) is 0. The SMILES string of the molecule is CCCc1nnsc1C(=O)N1C2CCC1CC(Oc1ccccn1)C2. The first-order valence-corrected chi connectivity index (χ1v) is 9.75. The van der Waals surface area contributed by atoms with Crippen LogP contribution in [0.3, 0.4) is 0 Å². The van der Waals surface area contributed by atoms with E-state index in [1.807, 2.05) is 18.2 Å². The van der Waals surface area contributed by atoms with Gasteiger partial charge in [-0.15, -0.1) is 5.10 Å². The average Bonchev–Trinajstić information content (AvgIpc) is 3.18. The molecular weight excluding hydrogens is 336 g/mol. The van der Waals surface area contributed by atoms with E-state index >= 15 is 0 Å². The Morgan fingerprint density at radius 2 is 2.12 bits per heavy atom. The molecule has 2 aromatic heterocycles. The van der Waals surface area contributed by atoms with E-state index in [9.17, 15) is 4.79 Å². The molecule has 0 spiro atoms. The molecule has 2 atom stereocenters. The van der Waals surface area contributed by atoms with Crippen LogP contribution in [0.1, 0.15) is 54.4 Å². The number of carbonyl (C=O) groups excluding carboxylic acids is 1. The highest BCUT2D eigenvalue weighted by molar-refractivity contribution is 7.08. The first kappa shape index (κ1) is 16.4. The van der Waals surface area contributed by atoms with E-state index in [4.69, 9.17) is 4.74 Å².